The highest BCUT2D eigenvalue weighted by molar-refractivity contribution is 6.30. The van der Waals surface area contributed by atoms with Gasteiger partial charge in [-0.2, -0.15) is 0 Å². The standard InChI is InChI=1S/C19H26ClN/c1-2-18(14-4-3-5-17(20)11-14)21-19-15-7-12-6-13(9-15)10-16(19)8-12/h3-5,11-13,15-16,18-19,21H,2,6-10H2,1H3. The van der Waals surface area contributed by atoms with Crippen molar-refractivity contribution in [2.75, 3.05) is 0 Å². The van der Waals surface area contributed by atoms with E-state index in [4.69, 9.17) is 11.6 Å². The summed E-state index contributed by atoms with van der Waals surface area (Å²) < 4.78 is 0. The van der Waals surface area contributed by atoms with Gasteiger partial charge >= 0.3 is 0 Å². The predicted molar refractivity (Wildman–Crippen MR) is 88.5 cm³/mol. The highest BCUT2D eigenvalue weighted by atomic mass is 35.5. The SMILES string of the molecule is CCC(NC1C2CC3CC(C2)CC1C3)c1cccc(Cl)c1. The van der Waals surface area contributed by atoms with Gasteiger partial charge in [-0.25, -0.2) is 0 Å². The van der Waals surface area contributed by atoms with Gasteiger partial charge in [0.1, 0.15) is 0 Å². The van der Waals surface area contributed by atoms with E-state index in [-0.39, 0.29) is 0 Å². The molecule has 2 heteroatoms. The first-order valence-corrected chi connectivity index (χ1v) is 9.12. The quantitative estimate of drug-likeness (QED) is 0.805. The molecule has 0 spiro atoms. The van der Waals surface area contributed by atoms with Crippen LogP contribution >= 0.6 is 11.6 Å². The molecule has 4 fully saturated rings. The summed E-state index contributed by atoms with van der Waals surface area (Å²) in [6, 6.07) is 9.63. The van der Waals surface area contributed by atoms with Crippen molar-refractivity contribution in [1.29, 1.82) is 0 Å². The highest BCUT2D eigenvalue weighted by Gasteiger charge is 2.48. The Hall–Kier alpha value is -0.530. The van der Waals surface area contributed by atoms with Crippen molar-refractivity contribution >= 4 is 11.6 Å². The fraction of sp³-hybridized carbons (Fsp3) is 0.684. The zero-order valence-electron chi connectivity index (χ0n) is 12.9. The van der Waals surface area contributed by atoms with Crippen LogP contribution in [0.4, 0.5) is 0 Å². The van der Waals surface area contributed by atoms with Crippen molar-refractivity contribution in [3.05, 3.63) is 34.9 Å². The van der Waals surface area contributed by atoms with Gasteiger partial charge in [0.15, 0.2) is 0 Å². The molecule has 0 radical (unpaired) electrons. The van der Waals surface area contributed by atoms with Gasteiger partial charge in [-0.3, -0.25) is 0 Å². The van der Waals surface area contributed by atoms with Gasteiger partial charge in [-0.15, -0.1) is 0 Å². The molecule has 0 aromatic heterocycles. The summed E-state index contributed by atoms with van der Waals surface area (Å²) in [4.78, 5) is 0. The molecule has 4 aliphatic rings. The first-order valence-electron chi connectivity index (χ1n) is 8.74. The van der Waals surface area contributed by atoms with Crippen molar-refractivity contribution in [1.82, 2.24) is 5.32 Å². The molecule has 1 atom stereocenters. The van der Waals surface area contributed by atoms with E-state index >= 15 is 0 Å². The average Bonchev–Trinajstić information content (AvgIpc) is 2.46. The van der Waals surface area contributed by atoms with E-state index in [1.165, 1.54) is 37.7 Å². The highest BCUT2D eigenvalue weighted by Crippen LogP contribution is 2.54. The van der Waals surface area contributed by atoms with Crippen LogP contribution in [0.15, 0.2) is 24.3 Å². The van der Waals surface area contributed by atoms with Gasteiger partial charge in [0.05, 0.1) is 0 Å². The van der Waals surface area contributed by atoms with Gasteiger partial charge in [0.25, 0.3) is 0 Å². The van der Waals surface area contributed by atoms with Crippen molar-refractivity contribution in [2.45, 2.75) is 57.5 Å². The van der Waals surface area contributed by atoms with E-state index < -0.39 is 0 Å². The van der Waals surface area contributed by atoms with Gasteiger partial charge in [0, 0.05) is 17.1 Å². The normalized spacial score (nSPS) is 38.7. The van der Waals surface area contributed by atoms with Crippen LogP contribution in [0.5, 0.6) is 0 Å². The molecule has 1 unspecified atom stereocenters. The van der Waals surface area contributed by atoms with Crippen LogP contribution in [0.3, 0.4) is 0 Å². The van der Waals surface area contributed by atoms with E-state index in [0.29, 0.717) is 6.04 Å². The molecule has 1 aromatic carbocycles. The first kappa shape index (κ1) is 14.1. The van der Waals surface area contributed by atoms with Crippen LogP contribution in [0, 0.1) is 23.7 Å². The van der Waals surface area contributed by atoms with Crippen LogP contribution in [-0.4, -0.2) is 6.04 Å². The van der Waals surface area contributed by atoms with Gasteiger partial charge in [-0.05, 0) is 79.9 Å². The number of rotatable bonds is 4. The van der Waals surface area contributed by atoms with Crippen molar-refractivity contribution in [3.63, 3.8) is 0 Å². The van der Waals surface area contributed by atoms with E-state index in [1.54, 1.807) is 0 Å². The Balaban J connectivity index is 1.51. The molecular formula is C19H26ClN. The summed E-state index contributed by atoms with van der Waals surface area (Å²) in [6.45, 7) is 2.29. The van der Waals surface area contributed by atoms with Gasteiger partial charge in [0.2, 0.25) is 0 Å². The van der Waals surface area contributed by atoms with E-state index in [2.05, 4.69) is 30.4 Å². The maximum atomic E-state index is 6.18. The van der Waals surface area contributed by atoms with E-state index in [9.17, 15) is 0 Å². The largest absolute Gasteiger partial charge is 0.307 e. The van der Waals surface area contributed by atoms with Gasteiger partial charge in [-0.1, -0.05) is 30.7 Å². The zero-order valence-corrected chi connectivity index (χ0v) is 13.7. The Kier molecular flexibility index (Phi) is 3.75. The molecule has 0 heterocycles. The Morgan fingerprint density at radius 2 is 1.76 bits per heavy atom. The summed E-state index contributed by atoms with van der Waals surface area (Å²) in [6.07, 6.45) is 8.61. The monoisotopic (exact) mass is 303 g/mol. The molecule has 1 N–H and O–H groups in total. The van der Waals surface area contributed by atoms with Crippen LogP contribution < -0.4 is 5.32 Å². The molecule has 0 aliphatic heterocycles. The maximum absolute atomic E-state index is 6.18. The second-order valence-corrected chi connectivity index (χ2v) is 8.08. The Bertz CT molecular complexity index is 484. The van der Waals surface area contributed by atoms with Gasteiger partial charge < -0.3 is 5.32 Å². The average molecular weight is 304 g/mol. The lowest BCUT2D eigenvalue weighted by Gasteiger charge is -2.55. The summed E-state index contributed by atoms with van der Waals surface area (Å²) in [7, 11) is 0. The minimum atomic E-state index is 0.464. The van der Waals surface area contributed by atoms with Crippen LogP contribution in [0.1, 0.15) is 57.1 Å². The third kappa shape index (κ3) is 2.64. The molecule has 5 rings (SSSR count). The molecule has 0 saturated heterocycles. The second kappa shape index (κ2) is 5.59. The summed E-state index contributed by atoms with van der Waals surface area (Å²) in [5, 5.41) is 4.89. The van der Waals surface area contributed by atoms with Crippen molar-refractivity contribution < 1.29 is 0 Å². The number of nitrogens with one attached hydrogen (secondary N) is 1. The van der Waals surface area contributed by atoms with E-state index in [1.807, 2.05) is 6.07 Å². The molecule has 4 bridgehead atoms. The number of halogens is 1. The number of hydrogen-bond acceptors (Lipinski definition) is 1. The molecule has 0 amide bonds. The fourth-order valence-corrected chi connectivity index (χ4v) is 5.80. The molecular weight excluding hydrogens is 278 g/mol. The molecule has 21 heavy (non-hydrogen) atoms. The van der Waals surface area contributed by atoms with Crippen LogP contribution in [0.25, 0.3) is 0 Å². The third-order valence-corrected chi connectivity index (χ3v) is 6.51. The lowest BCUT2D eigenvalue weighted by Crippen LogP contribution is -2.55. The second-order valence-electron chi connectivity index (χ2n) is 7.64. The molecule has 114 valence electrons. The summed E-state index contributed by atoms with van der Waals surface area (Å²) in [5.74, 6) is 3.98. The Labute approximate surface area is 133 Å². The van der Waals surface area contributed by atoms with Crippen LogP contribution in [-0.2, 0) is 0 Å². The Morgan fingerprint density at radius 1 is 1.10 bits per heavy atom. The minimum absolute atomic E-state index is 0.464. The third-order valence-electron chi connectivity index (χ3n) is 6.28. The fourth-order valence-electron chi connectivity index (χ4n) is 5.60. The first-order chi connectivity index (χ1) is 10.2. The summed E-state index contributed by atoms with van der Waals surface area (Å²) in [5.41, 5.74) is 1.36. The molecule has 4 saturated carbocycles. The maximum Gasteiger partial charge on any atom is 0.0409 e. The lowest BCUT2D eigenvalue weighted by molar-refractivity contribution is -0.0179. The summed E-state index contributed by atoms with van der Waals surface area (Å²) >= 11 is 6.18. The smallest absolute Gasteiger partial charge is 0.0409 e. The topological polar surface area (TPSA) is 12.0 Å². The molecule has 1 aromatic rings. The lowest BCUT2D eigenvalue weighted by atomic mass is 9.54. The molecule has 1 nitrogen and oxygen atoms in total. The van der Waals surface area contributed by atoms with Crippen molar-refractivity contribution in [2.24, 2.45) is 23.7 Å². The minimum Gasteiger partial charge on any atom is -0.307 e. The number of hydrogen-bond donors (Lipinski definition) is 1. The Morgan fingerprint density at radius 3 is 2.33 bits per heavy atom. The van der Waals surface area contributed by atoms with Crippen LogP contribution in [0.2, 0.25) is 5.02 Å². The predicted octanol–water partition coefficient (Wildman–Crippen LogP) is 5.21. The van der Waals surface area contributed by atoms with Crippen molar-refractivity contribution in [3.8, 4) is 0 Å². The van der Waals surface area contributed by atoms with E-state index in [0.717, 1.165) is 41.2 Å². The number of benzene rings is 1. The molecule has 4 aliphatic carbocycles. The zero-order chi connectivity index (χ0) is 14.4.